The molecule has 0 radical (unpaired) electrons. The topological polar surface area (TPSA) is 178 Å². The van der Waals surface area contributed by atoms with Crippen molar-refractivity contribution >= 4 is 35.0 Å². The molecule has 3 aromatic rings. The van der Waals surface area contributed by atoms with Crippen molar-refractivity contribution in [3.8, 4) is 11.8 Å². The Morgan fingerprint density at radius 3 is 2.35 bits per heavy atom. The summed E-state index contributed by atoms with van der Waals surface area (Å²) in [4.78, 5) is 58.9. The number of nitrogens with zero attached hydrogens (tertiary/aromatic N) is 3. The Hall–Kier alpha value is -4.70. The fourth-order valence-corrected chi connectivity index (χ4v) is 3.88. The molecule has 37 heavy (non-hydrogen) atoms. The van der Waals surface area contributed by atoms with Gasteiger partial charge in [-0.2, -0.15) is 4.98 Å². The zero-order valence-electron chi connectivity index (χ0n) is 20.1. The quantitative estimate of drug-likeness (QED) is 0.277. The maximum absolute atomic E-state index is 12.6. The molecule has 13 nitrogen and oxygen atoms in total. The highest BCUT2D eigenvalue weighted by Gasteiger charge is 2.51. The van der Waals surface area contributed by atoms with Crippen molar-refractivity contribution in [3.63, 3.8) is 0 Å². The van der Waals surface area contributed by atoms with E-state index >= 15 is 0 Å². The van der Waals surface area contributed by atoms with E-state index in [4.69, 9.17) is 24.7 Å². The van der Waals surface area contributed by atoms with E-state index in [0.717, 1.165) is 0 Å². The standard InChI is InChI=1S/C24H23N5O8/c1-12(30)34-11-16-19(35-13(2)31)20(36-14(3)32)23(37-16)29-17(10-9-15-7-5-4-6-8-15)26-18-21(29)27-24(25)28-22(18)33/h4-8,16,19-20,23H,11H2,1-3H3,(H3,25,27,28,33)/t16-,19+,20?,23-/m1/s1. The Kier molecular flexibility index (Phi) is 7.21. The number of anilines is 1. The summed E-state index contributed by atoms with van der Waals surface area (Å²) in [5, 5.41) is 0. The van der Waals surface area contributed by atoms with Crippen molar-refractivity contribution in [1.29, 1.82) is 0 Å². The summed E-state index contributed by atoms with van der Waals surface area (Å²) in [6.07, 6.45) is -4.67. The molecule has 0 saturated carbocycles. The van der Waals surface area contributed by atoms with Crippen molar-refractivity contribution < 1.29 is 33.3 Å². The minimum absolute atomic E-state index is 0.00419. The number of aromatic amines is 1. The van der Waals surface area contributed by atoms with Crippen LogP contribution >= 0.6 is 0 Å². The monoisotopic (exact) mass is 509 g/mol. The second kappa shape index (κ2) is 10.5. The SMILES string of the molecule is CC(=O)OC[C@H]1O[C@@H](n2c(C#Cc3ccccc3)nc3c(=O)[nH]c(N)nc32)C(OC(C)=O)[C@H]1OC(C)=O. The van der Waals surface area contributed by atoms with Gasteiger partial charge in [0, 0.05) is 26.3 Å². The van der Waals surface area contributed by atoms with Gasteiger partial charge in [-0.25, -0.2) is 4.98 Å². The van der Waals surface area contributed by atoms with Gasteiger partial charge in [0.05, 0.1) is 0 Å². The smallest absolute Gasteiger partial charge is 0.303 e. The van der Waals surface area contributed by atoms with Crippen molar-refractivity contribution in [3.05, 3.63) is 52.1 Å². The first-order chi connectivity index (χ1) is 17.6. The number of H-pyrrole nitrogens is 1. The van der Waals surface area contributed by atoms with Crippen LogP contribution in [-0.2, 0) is 33.3 Å². The highest BCUT2D eigenvalue weighted by Crippen LogP contribution is 2.36. The Labute approximate surface area is 209 Å². The molecule has 1 unspecified atom stereocenters. The second-order valence-electron chi connectivity index (χ2n) is 8.06. The van der Waals surface area contributed by atoms with E-state index in [-0.39, 0.29) is 29.5 Å². The lowest BCUT2D eigenvalue weighted by atomic mass is 10.1. The van der Waals surface area contributed by atoms with Gasteiger partial charge in [0.15, 0.2) is 35.4 Å². The Morgan fingerprint density at radius 2 is 1.70 bits per heavy atom. The molecule has 0 spiro atoms. The van der Waals surface area contributed by atoms with Gasteiger partial charge in [0.25, 0.3) is 5.56 Å². The third-order valence-corrected chi connectivity index (χ3v) is 5.26. The first-order valence-corrected chi connectivity index (χ1v) is 11.1. The van der Waals surface area contributed by atoms with Gasteiger partial charge in [-0.05, 0) is 18.1 Å². The number of ether oxygens (including phenoxy) is 4. The molecule has 1 aromatic carbocycles. The summed E-state index contributed by atoms with van der Waals surface area (Å²) < 4.78 is 23.4. The number of aromatic nitrogens is 4. The largest absolute Gasteiger partial charge is 0.463 e. The fraction of sp³-hybridized carbons (Fsp3) is 0.333. The number of hydrogen-bond acceptors (Lipinski definition) is 11. The molecule has 2 aromatic heterocycles. The van der Waals surface area contributed by atoms with Gasteiger partial charge in [-0.1, -0.05) is 24.1 Å². The molecule has 4 rings (SSSR count). The highest BCUT2D eigenvalue weighted by atomic mass is 16.7. The van der Waals surface area contributed by atoms with E-state index in [9.17, 15) is 19.2 Å². The number of carbonyl (C=O) groups excluding carboxylic acids is 3. The molecule has 0 aliphatic carbocycles. The molecule has 3 heterocycles. The van der Waals surface area contributed by atoms with Crippen LogP contribution in [0, 0.1) is 11.8 Å². The van der Waals surface area contributed by atoms with Crippen molar-refractivity contribution in [2.24, 2.45) is 0 Å². The van der Waals surface area contributed by atoms with Crippen LogP contribution in [0.15, 0.2) is 35.1 Å². The minimum Gasteiger partial charge on any atom is -0.463 e. The summed E-state index contributed by atoms with van der Waals surface area (Å²) in [5.74, 6) is 3.70. The van der Waals surface area contributed by atoms with Crippen LogP contribution in [0.2, 0.25) is 0 Å². The number of carbonyl (C=O) groups is 3. The zero-order valence-corrected chi connectivity index (χ0v) is 20.1. The molecule has 1 aliphatic heterocycles. The Morgan fingerprint density at radius 1 is 1.03 bits per heavy atom. The van der Waals surface area contributed by atoms with Gasteiger partial charge >= 0.3 is 17.9 Å². The molecule has 1 aliphatic rings. The fourth-order valence-electron chi connectivity index (χ4n) is 3.88. The number of nitrogens with one attached hydrogen (secondary N) is 1. The maximum Gasteiger partial charge on any atom is 0.303 e. The van der Waals surface area contributed by atoms with Crippen LogP contribution in [0.5, 0.6) is 0 Å². The molecular formula is C24H23N5O8. The summed E-state index contributed by atoms with van der Waals surface area (Å²) >= 11 is 0. The van der Waals surface area contributed by atoms with E-state index in [0.29, 0.717) is 5.56 Å². The number of nitrogen functional groups attached to an aromatic ring is 1. The number of fused-ring (bicyclic) bond motifs is 1. The lowest BCUT2D eigenvalue weighted by Crippen LogP contribution is -2.40. The van der Waals surface area contributed by atoms with Gasteiger partial charge in [0.1, 0.15) is 12.7 Å². The molecule has 13 heteroatoms. The van der Waals surface area contributed by atoms with Crippen molar-refractivity contribution in [1.82, 2.24) is 19.5 Å². The van der Waals surface area contributed by atoms with Crippen molar-refractivity contribution in [2.45, 2.75) is 45.3 Å². The second-order valence-corrected chi connectivity index (χ2v) is 8.06. The Bertz CT molecular complexity index is 1470. The predicted molar refractivity (Wildman–Crippen MR) is 127 cm³/mol. The molecular weight excluding hydrogens is 486 g/mol. The van der Waals surface area contributed by atoms with Crippen LogP contribution in [-0.4, -0.2) is 62.3 Å². The number of rotatable bonds is 5. The maximum atomic E-state index is 12.6. The zero-order chi connectivity index (χ0) is 26.7. The molecule has 1 saturated heterocycles. The molecule has 0 bridgehead atoms. The highest BCUT2D eigenvalue weighted by molar-refractivity contribution is 5.73. The number of esters is 3. The summed E-state index contributed by atoms with van der Waals surface area (Å²) in [6, 6.07) is 9.01. The van der Waals surface area contributed by atoms with E-state index in [2.05, 4.69) is 26.8 Å². The molecule has 3 N–H and O–H groups in total. The van der Waals surface area contributed by atoms with Gasteiger partial charge in [-0.15, -0.1) is 0 Å². The average molecular weight is 509 g/mol. The third-order valence-electron chi connectivity index (χ3n) is 5.26. The van der Waals surface area contributed by atoms with Gasteiger partial charge in [-0.3, -0.25) is 28.7 Å². The number of nitrogens with two attached hydrogens (primary N) is 1. The molecule has 4 atom stereocenters. The lowest BCUT2D eigenvalue weighted by molar-refractivity contribution is -0.166. The Balaban J connectivity index is 1.90. The van der Waals surface area contributed by atoms with Crippen molar-refractivity contribution in [2.75, 3.05) is 12.3 Å². The van der Waals surface area contributed by atoms with E-state index in [1.54, 1.807) is 24.3 Å². The number of imidazole rings is 1. The third kappa shape index (κ3) is 5.60. The summed E-state index contributed by atoms with van der Waals surface area (Å²) in [6.45, 7) is 3.24. The predicted octanol–water partition coefficient (Wildman–Crippen LogP) is 0.425. The summed E-state index contributed by atoms with van der Waals surface area (Å²) in [7, 11) is 0. The van der Waals surface area contributed by atoms with Crippen LogP contribution in [0.1, 0.15) is 38.4 Å². The average Bonchev–Trinajstić information content (AvgIpc) is 3.34. The molecule has 192 valence electrons. The number of hydrogen-bond donors (Lipinski definition) is 2. The number of benzene rings is 1. The van der Waals surface area contributed by atoms with Crippen LogP contribution in [0.4, 0.5) is 5.95 Å². The van der Waals surface area contributed by atoms with E-state index in [1.807, 2.05) is 6.07 Å². The lowest BCUT2D eigenvalue weighted by Gasteiger charge is -2.24. The molecule has 0 amide bonds. The van der Waals surface area contributed by atoms with Crippen LogP contribution < -0.4 is 11.3 Å². The normalized spacial score (nSPS) is 20.6. The minimum atomic E-state index is -1.24. The van der Waals surface area contributed by atoms with Gasteiger partial charge < -0.3 is 24.7 Å². The van der Waals surface area contributed by atoms with E-state index < -0.39 is 48.0 Å². The van der Waals surface area contributed by atoms with E-state index in [1.165, 1.54) is 25.3 Å². The molecule has 1 fully saturated rings. The van der Waals surface area contributed by atoms with Crippen LogP contribution in [0.3, 0.4) is 0 Å². The van der Waals surface area contributed by atoms with Crippen LogP contribution in [0.25, 0.3) is 11.2 Å². The first-order valence-electron chi connectivity index (χ1n) is 11.1. The van der Waals surface area contributed by atoms with Gasteiger partial charge in [0.2, 0.25) is 5.95 Å². The summed E-state index contributed by atoms with van der Waals surface area (Å²) in [5.41, 5.74) is 5.73. The first kappa shape index (κ1) is 25.4.